The lowest BCUT2D eigenvalue weighted by atomic mass is 9.45. The Kier molecular flexibility index (Phi) is 6.55. The van der Waals surface area contributed by atoms with E-state index in [1.54, 1.807) is 0 Å². The number of anilines is 5. The van der Waals surface area contributed by atoms with E-state index in [4.69, 9.17) is 0 Å². The Morgan fingerprint density at radius 3 is 2.05 bits per heavy atom. The Hall–Kier alpha value is -5.62. The van der Waals surface area contributed by atoms with Crippen LogP contribution in [0, 0.1) is 0 Å². The van der Waals surface area contributed by atoms with Crippen LogP contribution in [0.3, 0.4) is 0 Å². The van der Waals surface area contributed by atoms with Crippen LogP contribution in [0.25, 0.3) is 52.5 Å². The Labute approximate surface area is 336 Å². The minimum absolute atomic E-state index is 0.000191. The lowest BCUT2D eigenvalue weighted by molar-refractivity contribution is 0.590. The van der Waals surface area contributed by atoms with Crippen LogP contribution in [0.4, 0.5) is 28.4 Å². The predicted octanol–water partition coefficient (Wildman–Crippen LogP) is 13.6. The Balaban J connectivity index is 1.29. The van der Waals surface area contributed by atoms with Gasteiger partial charge in [-0.15, -0.1) is 22.7 Å². The highest BCUT2D eigenvalue weighted by Gasteiger charge is 2.52. The van der Waals surface area contributed by atoms with Gasteiger partial charge in [-0.25, -0.2) is 0 Å². The number of para-hydroxylation sites is 2. The lowest BCUT2D eigenvalue weighted by Crippen LogP contribution is -2.62. The average molecular weight is 755 g/mol. The van der Waals surface area contributed by atoms with Crippen LogP contribution in [-0.4, -0.2) is 6.85 Å². The first-order chi connectivity index (χ1) is 27.2. The number of benzene rings is 7. The van der Waals surface area contributed by atoms with Gasteiger partial charge in [0.15, 0.2) is 0 Å². The average Bonchev–Trinajstić information content (AvgIpc) is 3.79. The summed E-state index contributed by atoms with van der Waals surface area (Å²) in [5, 5.41) is 3.96. The number of hydrogen-bond donors (Lipinski definition) is 0. The zero-order chi connectivity index (χ0) is 37.7. The highest BCUT2D eigenvalue weighted by Crippen LogP contribution is 2.59. The van der Waals surface area contributed by atoms with Crippen LogP contribution in [-0.2, 0) is 10.8 Å². The molecule has 0 saturated heterocycles. The predicted molar refractivity (Wildman–Crippen MR) is 245 cm³/mol. The molecular weight excluding hydrogens is 716 g/mol. The van der Waals surface area contributed by atoms with Crippen LogP contribution < -0.4 is 20.0 Å². The van der Waals surface area contributed by atoms with Crippen molar-refractivity contribution in [1.29, 1.82) is 0 Å². The molecule has 7 aromatic carbocycles. The third kappa shape index (κ3) is 4.22. The molecule has 56 heavy (non-hydrogen) atoms. The molecule has 0 radical (unpaired) electrons. The topological polar surface area (TPSA) is 6.48 Å². The smallest absolute Gasteiger partial charge is 0.343 e. The zero-order valence-corrected chi connectivity index (χ0v) is 33.8. The summed E-state index contributed by atoms with van der Waals surface area (Å²) in [7, 11) is 0. The van der Waals surface area contributed by atoms with E-state index in [0.29, 0.717) is 0 Å². The molecule has 268 valence electrons. The minimum Gasteiger partial charge on any atom is -0.375 e. The molecule has 3 aliphatic rings. The number of rotatable bonds is 2. The van der Waals surface area contributed by atoms with Crippen molar-refractivity contribution in [1.82, 2.24) is 0 Å². The fourth-order valence-corrected chi connectivity index (χ4v) is 12.7. The van der Waals surface area contributed by atoms with Gasteiger partial charge in [-0.1, -0.05) is 144 Å². The van der Waals surface area contributed by atoms with Gasteiger partial charge in [0.05, 0.1) is 11.4 Å². The Bertz CT molecular complexity index is 3130. The summed E-state index contributed by atoms with van der Waals surface area (Å²) in [6.45, 7) is 11.8. The molecule has 0 fully saturated rings. The second-order valence-corrected chi connectivity index (χ2v) is 19.4. The van der Waals surface area contributed by atoms with Gasteiger partial charge in [0.2, 0.25) is 0 Å². The molecule has 0 unspecified atom stereocenters. The number of fused-ring (bicyclic) bond motifs is 12. The van der Waals surface area contributed by atoms with E-state index < -0.39 is 0 Å². The molecular formula is C51H39BN2S2. The van der Waals surface area contributed by atoms with E-state index in [0.717, 1.165) is 0 Å². The largest absolute Gasteiger partial charge is 0.375 e. The van der Waals surface area contributed by atoms with Gasteiger partial charge in [0.1, 0.15) is 0 Å². The van der Waals surface area contributed by atoms with Crippen molar-refractivity contribution in [3.63, 3.8) is 0 Å². The molecule has 5 heterocycles. The van der Waals surface area contributed by atoms with Crippen molar-refractivity contribution >= 4 is 98.5 Å². The van der Waals surface area contributed by atoms with Gasteiger partial charge in [-0.05, 0) is 69.5 Å². The minimum atomic E-state index is -0.157. The summed E-state index contributed by atoms with van der Waals surface area (Å²) in [6.07, 6.45) is 0. The van der Waals surface area contributed by atoms with Crippen molar-refractivity contribution in [3.05, 3.63) is 162 Å². The fraction of sp³-hybridized carbons (Fsp3) is 0.137. The van der Waals surface area contributed by atoms with E-state index >= 15 is 0 Å². The molecule has 2 nitrogen and oxygen atoms in total. The summed E-state index contributed by atoms with van der Waals surface area (Å²) in [6, 6.07) is 55.3. The fourth-order valence-electron chi connectivity index (χ4n) is 10.1. The third-order valence-corrected chi connectivity index (χ3v) is 15.2. The zero-order valence-electron chi connectivity index (χ0n) is 32.1. The van der Waals surface area contributed by atoms with Crippen molar-refractivity contribution < 1.29 is 0 Å². The summed E-state index contributed by atoms with van der Waals surface area (Å²) in [4.78, 5) is 5.40. The Morgan fingerprint density at radius 2 is 1.25 bits per heavy atom. The summed E-state index contributed by atoms with van der Waals surface area (Å²) in [5.41, 5.74) is 17.0. The third-order valence-electron chi connectivity index (χ3n) is 12.8. The van der Waals surface area contributed by atoms with E-state index in [1.807, 2.05) is 22.7 Å². The SMILES string of the molecule is CC(C)(C)c1ccc(N2c3cc4c(sc5ccccc54)c4c3B(c3sc5ccccc5c32)N2c3ccccc3C(C)(C)c3cccc-4c32)c(-c2ccccc2)c1. The molecule has 5 heteroatoms. The molecule has 0 saturated carbocycles. The molecule has 0 spiro atoms. The van der Waals surface area contributed by atoms with Crippen molar-refractivity contribution in [2.45, 2.75) is 45.4 Å². The molecule has 0 aliphatic carbocycles. The van der Waals surface area contributed by atoms with Crippen LogP contribution >= 0.6 is 22.7 Å². The maximum Gasteiger partial charge on any atom is 0.343 e. The maximum absolute atomic E-state index is 2.74. The number of thiophene rings is 2. The molecule has 9 aromatic rings. The van der Waals surface area contributed by atoms with Crippen LogP contribution in [0.15, 0.2) is 146 Å². The van der Waals surface area contributed by atoms with Gasteiger partial charge in [-0.3, -0.25) is 0 Å². The Morgan fingerprint density at radius 1 is 0.554 bits per heavy atom. The standard InChI is InChI=1S/C51H39BN2S2/c1-50(2,3)31-26-27-39(35(28-31)30-16-7-6-8-17-30)53-41-29-36-32-18-9-13-24-42(32)55-48(36)44-34-20-15-22-38-46(34)54(40-23-12-11-21-37(40)51(38,4)5)52(45(41)44)49-47(53)33-19-10-14-25-43(33)56-49/h6-29H,1-5H3. The molecule has 0 amide bonds. The summed E-state index contributed by atoms with van der Waals surface area (Å²) in [5.74, 6) is 0. The molecule has 2 aromatic heterocycles. The van der Waals surface area contributed by atoms with Gasteiger partial charge >= 0.3 is 6.85 Å². The van der Waals surface area contributed by atoms with Gasteiger partial charge in [-0.2, -0.15) is 0 Å². The van der Waals surface area contributed by atoms with Gasteiger partial charge < -0.3 is 9.71 Å². The molecule has 0 bridgehead atoms. The number of hydrogen-bond acceptors (Lipinski definition) is 4. The van der Waals surface area contributed by atoms with Crippen LogP contribution in [0.5, 0.6) is 0 Å². The normalized spacial score (nSPS) is 14.9. The molecule has 0 atom stereocenters. The van der Waals surface area contributed by atoms with Crippen molar-refractivity contribution in [2.75, 3.05) is 9.71 Å². The van der Waals surface area contributed by atoms with Crippen LogP contribution in [0.1, 0.15) is 51.3 Å². The lowest BCUT2D eigenvalue weighted by Gasteiger charge is -2.50. The highest BCUT2D eigenvalue weighted by molar-refractivity contribution is 7.33. The highest BCUT2D eigenvalue weighted by atomic mass is 32.1. The molecule has 0 N–H and O–H groups in total. The van der Waals surface area contributed by atoms with Crippen molar-refractivity contribution in [2.24, 2.45) is 0 Å². The summed E-state index contributed by atoms with van der Waals surface area (Å²) < 4.78 is 5.44. The second kappa shape index (κ2) is 11.2. The van der Waals surface area contributed by atoms with Gasteiger partial charge in [0.25, 0.3) is 0 Å². The van der Waals surface area contributed by atoms with E-state index in [9.17, 15) is 0 Å². The quantitative estimate of drug-likeness (QED) is 0.162. The molecule has 12 rings (SSSR count). The van der Waals surface area contributed by atoms with Crippen LogP contribution in [0.2, 0.25) is 0 Å². The van der Waals surface area contributed by atoms with Crippen molar-refractivity contribution in [3.8, 4) is 22.3 Å². The first-order valence-corrected chi connectivity index (χ1v) is 21.4. The first-order valence-electron chi connectivity index (χ1n) is 19.7. The first kappa shape index (κ1) is 32.6. The van der Waals surface area contributed by atoms with Gasteiger partial charge in [0, 0.05) is 74.2 Å². The number of nitrogens with zero attached hydrogens (tertiary/aromatic N) is 2. The second-order valence-electron chi connectivity index (χ2n) is 17.3. The maximum atomic E-state index is 2.74. The van der Waals surface area contributed by atoms with E-state index in [1.165, 1.54) is 108 Å². The monoisotopic (exact) mass is 754 g/mol. The molecule has 3 aliphatic heterocycles. The van der Waals surface area contributed by atoms with E-state index in [2.05, 4.69) is 190 Å². The summed E-state index contributed by atoms with van der Waals surface area (Å²) >= 11 is 3.93. The van der Waals surface area contributed by atoms with E-state index in [-0.39, 0.29) is 17.7 Å².